The van der Waals surface area contributed by atoms with Gasteiger partial charge >= 0.3 is 5.82 Å². The van der Waals surface area contributed by atoms with Crippen molar-refractivity contribution >= 4 is 51.9 Å². The summed E-state index contributed by atoms with van der Waals surface area (Å²) in [6.45, 7) is 22.0. The van der Waals surface area contributed by atoms with Crippen LogP contribution in [0.25, 0.3) is 89.3 Å². The van der Waals surface area contributed by atoms with E-state index in [1.54, 1.807) is 0 Å². The van der Waals surface area contributed by atoms with Gasteiger partial charge in [0.15, 0.2) is 28.9 Å². The van der Waals surface area contributed by atoms with Gasteiger partial charge in [0.1, 0.15) is 22.5 Å². The Kier molecular flexibility index (Phi) is 10.4. The van der Waals surface area contributed by atoms with E-state index in [4.69, 9.17) is 11.0 Å². The second-order valence-electron chi connectivity index (χ2n) is 21.3. The fourth-order valence-corrected chi connectivity index (χ4v) is 13.0. The summed E-state index contributed by atoms with van der Waals surface area (Å²) >= 11 is 0. The maximum atomic E-state index is 7.39. The molecule has 12 rings (SSSR count). The molecule has 2 aliphatic heterocycles. The zero-order valence-corrected chi connectivity index (χ0v) is 42.1. The van der Waals surface area contributed by atoms with Crippen LogP contribution < -0.4 is 14.3 Å². The number of pyridine rings is 1. The van der Waals surface area contributed by atoms with Crippen molar-refractivity contribution in [3.8, 4) is 50.6 Å². The molecule has 10 aromatic rings. The number of hydrogen-bond acceptors (Lipinski definition) is 1. The summed E-state index contributed by atoms with van der Waals surface area (Å²) in [5, 5.41) is 3.74. The Morgan fingerprint density at radius 3 is 2.01 bits per heavy atom. The fraction of sp³-hybridized carbons (Fsp3) is 0.219. The summed E-state index contributed by atoms with van der Waals surface area (Å²) in [5.74, 6) is 1.84. The Balaban J connectivity index is 1.20. The smallest absolute Gasteiger partial charge is 0.304 e. The highest BCUT2D eigenvalue weighted by Crippen LogP contribution is 2.48. The minimum absolute atomic E-state index is 0.164. The second-order valence-corrected chi connectivity index (χ2v) is 26.4. The van der Waals surface area contributed by atoms with Crippen LogP contribution in [0, 0.1) is 0 Å². The number of hydrogen-bond donors (Lipinski definition) is 0. The zero-order valence-electron chi connectivity index (χ0n) is 41.1. The van der Waals surface area contributed by atoms with Gasteiger partial charge in [-0.2, -0.15) is 13.7 Å². The van der Waals surface area contributed by atoms with Crippen LogP contribution >= 0.6 is 0 Å². The monoisotopic (exact) mass is 915 g/mol. The molecule has 340 valence electrons. The van der Waals surface area contributed by atoms with E-state index < -0.39 is 8.07 Å². The molecule has 7 aromatic carbocycles. The molecule has 0 fully saturated rings. The van der Waals surface area contributed by atoms with Gasteiger partial charge in [0.2, 0.25) is 5.69 Å². The normalized spacial score (nSPS) is 15.9. The minimum Gasteiger partial charge on any atom is -0.455 e. The van der Waals surface area contributed by atoms with Crippen molar-refractivity contribution in [3.63, 3.8) is 0 Å². The molecule has 4 nitrogen and oxygen atoms in total. The molecule has 0 spiro atoms. The number of furan rings is 1. The molecular weight excluding hydrogens is 855 g/mol. The van der Waals surface area contributed by atoms with Crippen LogP contribution in [0.5, 0.6) is 0 Å². The molecule has 5 heterocycles. The van der Waals surface area contributed by atoms with Crippen LogP contribution in [-0.2, 0) is 6.42 Å². The van der Waals surface area contributed by atoms with E-state index in [1.165, 1.54) is 61.1 Å². The van der Waals surface area contributed by atoms with Gasteiger partial charge in [-0.15, -0.1) is 0 Å². The third-order valence-electron chi connectivity index (χ3n) is 15.4. The molecule has 0 aliphatic carbocycles. The van der Waals surface area contributed by atoms with Crippen LogP contribution in [-0.4, -0.2) is 12.6 Å². The lowest BCUT2D eigenvalue weighted by Gasteiger charge is -2.32. The molecule has 5 heteroatoms. The van der Waals surface area contributed by atoms with E-state index in [0.29, 0.717) is 0 Å². The van der Waals surface area contributed by atoms with Crippen LogP contribution in [0.2, 0.25) is 19.6 Å². The topological polar surface area (TPSA) is 25.8 Å². The van der Waals surface area contributed by atoms with Crippen molar-refractivity contribution in [1.82, 2.24) is 4.57 Å². The van der Waals surface area contributed by atoms with Crippen LogP contribution in [0.3, 0.4) is 0 Å². The molecule has 0 bridgehead atoms. The Morgan fingerprint density at radius 1 is 0.652 bits per heavy atom. The molecule has 2 aliphatic rings. The predicted octanol–water partition coefficient (Wildman–Crippen LogP) is 15.7. The molecule has 2 unspecified atom stereocenters. The summed E-state index contributed by atoms with van der Waals surface area (Å²) in [6, 6.07) is 61.2. The summed E-state index contributed by atoms with van der Waals surface area (Å²) in [7, 11) is -1.65. The van der Waals surface area contributed by atoms with E-state index in [-0.39, 0.29) is 23.8 Å². The average Bonchev–Trinajstić information content (AvgIpc) is 3.91. The maximum Gasteiger partial charge on any atom is 0.304 e. The summed E-state index contributed by atoms with van der Waals surface area (Å²) in [5.41, 5.74) is 20.4. The molecule has 0 saturated carbocycles. The van der Waals surface area contributed by atoms with Gasteiger partial charge in [0.25, 0.3) is 0 Å². The third-order valence-corrected chi connectivity index (χ3v) is 17.4. The molecule has 3 aromatic heterocycles. The van der Waals surface area contributed by atoms with Crippen LogP contribution in [0.15, 0.2) is 181 Å². The number of rotatable bonds is 6. The van der Waals surface area contributed by atoms with E-state index in [1.807, 2.05) is 0 Å². The molecule has 69 heavy (non-hydrogen) atoms. The minimum atomic E-state index is -1.65. The van der Waals surface area contributed by atoms with Gasteiger partial charge < -0.3 is 4.42 Å². The van der Waals surface area contributed by atoms with Crippen LogP contribution in [0.1, 0.15) is 86.6 Å². The first kappa shape index (κ1) is 43.2. The molecule has 0 radical (unpaired) electrons. The summed E-state index contributed by atoms with van der Waals surface area (Å²) in [4.78, 5) is 0. The first-order chi connectivity index (χ1) is 33.4. The lowest BCUT2D eigenvalue weighted by molar-refractivity contribution is -0.719. The van der Waals surface area contributed by atoms with Crippen LogP contribution in [0.4, 0.5) is 0 Å². The van der Waals surface area contributed by atoms with E-state index in [2.05, 4.69) is 231 Å². The Labute approximate surface area is 407 Å². The number of para-hydroxylation sites is 2. The lowest BCUT2D eigenvalue weighted by atomic mass is 9.77. The second kappa shape index (κ2) is 16.6. The molecule has 2 atom stereocenters. The van der Waals surface area contributed by atoms with Crippen molar-refractivity contribution in [2.75, 3.05) is 0 Å². The first-order valence-corrected chi connectivity index (χ1v) is 28.6. The summed E-state index contributed by atoms with van der Waals surface area (Å²) < 4.78 is 15.2. The van der Waals surface area contributed by atoms with Crippen molar-refractivity contribution in [2.45, 2.75) is 90.4 Å². The molecule has 0 N–H and O–H groups in total. The number of nitrogens with zero attached hydrogens (tertiary/aromatic N) is 3. The van der Waals surface area contributed by atoms with E-state index >= 15 is 0 Å². The van der Waals surface area contributed by atoms with Gasteiger partial charge in [-0.05, 0) is 101 Å². The van der Waals surface area contributed by atoms with Crippen molar-refractivity contribution in [2.24, 2.45) is 0 Å². The quantitative estimate of drug-likeness (QED) is 0.121. The molecule has 0 saturated heterocycles. The predicted molar refractivity (Wildman–Crippen MR) is 290 cm³/mol. The van der Waals surface area contributed by atoms with Crippen molar-refractivity contribution in [1.29, 1.82) is 0 Å². The average molecular weight is 916 g/mol. The van der Waals surface area contributed by atoms with Gasteiger partial charge in [0, 0.05) is 44.6 Å². The summed E-state index contributed by atoms with van der Waals surface area (Å²) in [6.07, 6.45) is 5.17. The highest BCUT2D eigenvalue weighted by molar-refractivity contribution is 6.88. The van der Waals surface area contributed by atoms with Gasteiger partial charge in [-0.3, -0.25) is 0 Å². The molecule has 0 amide bonds. The number of imidazole rings is 1. The highest BCUT2D eigenvalue weighted by atomic mass is 28.3. The largest absolute Gasteiger partial charge is 0.455 e. The number of aryl methyl sites for hydroxylation is 1. The SMILES string of the molecule is C=C1CC2C(CCc3ccc4c(oc5cc(-c6ccccc6)ccc54)c3-c3n(-c4c(C(C)C)cc(-c5ccccc5)cc4C(C)C)c4ccccc4[n+]31)c1ccccc1-c1ccc([Si](C)(C)C)c[n+]12. The standard InChI is InChI=1S/C64H61N3OSi/c1-40(2)54-36-47(44-21-13-10-14-22-44)37-55(41(3)4)62(54)67-58-26-18-17-25-57(58)66-42(5)35-59-51(49-23-15-16-24-50(49)56-34-30-48(39-65(56)59)69(6,7)8)31-27-45-28-33-53-52-32-29-46(43-19-11-9-12-20-43)38-60(52)68-63(53)61(45)64(66)67/h9-26,28-30,32-34,36-41,51,59H,5,27,31,35H2,1-4,6-8H3/q+2. The Bertz CT molecular complexity index is 3630. The molecular formula is C64H61N3OSi+2. The number of fused-ring (bicyclic) bond motifs is 15. The fourth-order valence-electron chi connectivity index (χ4n) is 11.9. The van der Waals surface area contributed by atoms with Crippen molar-refractivity contribution in [3.05, 3.63) is 199 Å². The highest BCUT2D eigenvalue weighted by Gasteiger charge is 2.45. The first-order valence-electron chi connectivity index (χ1n) is 25.1. The lowest BCUT2D eigenvalue weighted by Crippen LogP contribution is -2.53. The van der Waals surface area contributed by atoms with Crippen molar-refractivity contribution < 1.29 is 13.6 Å². The van der Waals surface area contributed by atoms with E-state index in [0.717, 1.165) is 74.9 Å². The van der Waals surface area contributed by atoms with Gasteiger partial charge in [0.05, 0.1) is 14.5 Å². The number of allylic oxidation sites excluding steroid dienone is 1. The number of benzene rings is 7. The van der Waals surface area contributed by atoms with Gasteiger partial charge in [-0.1, -0.05) is 169 Å². The maximum absolute atomic E-state index is 7.39. The third kappa shape index (κ3) is 7.07. The Morgan fingerprint density at radius 2 is 1.30 bits per heavy atom. The van der Waals surface area contributed by atoms with E-state index in [9.17, 15) is 0 Å². The van der Waals surface area contributed by atoms with Gasteiger partial charge in [-0.25, -0.2) is 0 Å². The zero-order chi connectivity index (χ0) is 47.3. The Hall–Kier alpha value is -7.08. The number of aromatic nitrogens is 3.